The number of benzene rings is 3. The second-order valence-electron chi connectivity index (χ2n) is 10.5. The van der Waals surface area contributed by atoms with Crippen molar-refractivity contribution >= 4 is 59.4 Å². The molecule has 3 aromatic rings. The molecule has 0 radical (unpaired) electrons. The minimum Gasteiger partial charge on any atom is -0.496 e. The van der Waals surface area contributed by atoms with Crippen LogP contribution in [0.25, 0.3) is 0 Å². The van der Waals surface area contributed by atoms with Crippen molar-refractivity contribution in [2.45, 2.75) is 63.1 Å². The lowest BCUT2D eigenvalue weighted by Gasteiger charge is -2.32. The summed E-state index contributed by atoms with van der Waals surface area (Å²) in [5.74, 6) is -0.274. The van der Waals surface area contributed by atoms with Gasteiger partial charge in [0, 0.05) is 17.1 Å². The molecule has 1 N–H and O–H groups in total. The molecular weight excluding hydrogens is 686 g/mol. The van der Waals surface area contributed by atoms with Gasteiger partial charge in [-0.3, -0.25) is 13.9 Å². The maximum absolute atomic E-state index is 14.1. The summed E-state index contributed by atoms with van der Waals surface area (Å²) in [6, 6.07) is 18.1. The van der Waals surface area contributed by atoms with Crippen LogP contribution < -0.4 is 14.4 Å². The van der Waals surface area contributed by atoms with E-state index < -0.39 is 28.5 Å². The van der Waals surface area contributed by atoms with E-state index >= 15 is 0 Å². The number of halogens is 2. The largest absolute Gasteiger partial charge is 0.496 e. The lowest BCUT2D eigenvalue weighted by Crippen LogP contribution is -2.52. The zero-order valence-electron chi connectivity index (χ0n) is 23.8. The van der Waals surface area contributed by atoms with E-state index in [1.54, 1.807) is 37.3 Å². The van der Waals surface area contributed by atoms with E-state index in [1.165, 1.54) is 24.1 Å². The van der Waals surface area contributed by atoms with Gasteiger partial charge in [0.25, 0.3) is 10.0 Å². The molecule has 0 bridgehead atoms. The van der Waals surface area contributed by atoms with Crippen molar-refractivity contribution in [3.8, 4) is 5.75 Å². The van der Waals surface area contributed by atoms with E-state index in [-0.39, 0.29) is 23.4 Å². The fourth-order valence-corrected chi connectivity index (χ4v) is 7.56. The molecule has 11 heteroatoms. The van der Waals surface area contributed by atoms with Crippen LogP contribution in [0.15, 0.2) is 80.6 Å². The Kier molecular flexibility index (Phi) is 10.7. The van der Waals surface area contributed by atoms with E-state index in [2.05, 4.69) is 37.2 Å². The Morgan fingerprint density at radius 2 is 1.71 bits per heavy atom. The van der Waals surface area contributed by atoms with Gasteiger partial charge < -0.3 is 15.0 Å². The second-order valence-corrected chi connectivity index (χ2v) is 14.1. The number of carbonyl (C=O) groups excluding carboxylic acids is 2. The third kappa shape index (κ3) is 7.73. The zero-order chi connectivity index (χ0) is 30.4. The molecule has 0 unspecified atom stereocenters. The molecule has 0 heterocycles. The SMILES string of the molecule is COc1ccc(S(=O)(=O)N(CC(=O)N(Cc2cccc(Br)c2)[C@@H](C)C(=O)NC2CCCC2)c2ccc(C)cc2)cc1Br. The van der Waals surface area contributed by atoms with Crippen LogP contribution in [0.1, 0.15) is 43.7 Å². The summed E-state index contributed by atoms with van der Waals surface area (Å²) in [7, 11) is -2.70. The third-order valence-electron chi connectivity index (χ3n) is 7.42. The molecule has 1 aliphatic rings. The van der Waals surface area contributed by atoms with Crippen molar-refractivity contribution in [3.63, 3.8) is 0 Å². The topological polar surface area (TPSA) is 96.0 Å². The van der Waals surface area contributed by atoms with Crippen molar-refractivity contribution < 1.29 is 22.7 Å². The van der Waals surface area contributed by atoms with E-state index in [0.29, 0.717) is 15.9 Å². The van der Waals surface area contributed by atoms with Gasteiger partial charge in [-0.2, -0.15) is 0 Å². The van der Waals surface area contributed by atoms with Gasteiger partial charge in [-0.15, -0.1) is 0 Å². The number of methoxy groups -OCH3 is 1. The minimum atomic E-state index is -4.19. The molecule has 1 fully saturated rings. The molecule has 0 saturated heterocycles. The number of nitrogens with zero attached hydrogens (tertiary/aromatic N) is 2. The molecule has 1 atom stereocenters. The van der Waals surface area contributed by atoms with Crippen molar-refractivity contribution in [1.82, 2.24) is 10.2 Å². The fraction of sp³-hybridized carbons (Fsp3) is 0.355. The highest BCUT2D eigenvalue weighted by molar-refractivity contribution is 9.10. The molecule has 0 aromatic heterocycles. The number of ether oxygens (including phenoxy) is 1. The van der Waals surface area contributed by atoms with E-state index in [4.69, 9.17) is 4.74 Å². The highest BCUT2D eigenvalue weighted by Gasteiger charge is 2.33. The van der Waals surface area contributed by atoms with Crippen LogP contribution in [0.5, 0.6) is 5.75 Å². The molecule has 1 aliphatic carbocycles. The number of carbonyl (C=O) groups is 2. The Morgan fingerprint density at radius 3 is 2.33 bits per heavy atom. The Hall–Kier alpha value is -2.89. The first-order valence-corrected chi connectivity index (χ1v) is 16.8. The molecule has 0 aliphatic heterocycles. The molecule has 4 rings (SSSR count). The van der Waals surface area contributed by atoms with Crippen molar-refractivity contribution in [2.24, 2.45) is 0 Å². The molecule has 3 aromatic carbocycles. The Labute approximate surface area is 264 Å². The zero-order valence-corrected chi connectivity index (χ0v) is 27.8. The minimum absolute atomic E-state index is 0.00545. The standard InChI is InChI=1S/C31H35Br2N3O5S/c1-21-11-13-26(14-12-21)36(42(39,40)27-15-16-29(41-3)28(33)18-27)20-30(37)35(19-23-7-6-8-24(32)17-23)22(2)31(38)34-25-9-4-5-10-25/h6-8,11-18,22,25H,4-5,9-10,19-20H2,1-3H3,(H,34,38)/t22-/m0/s1. The van der Waals surface area contributed by atoms with Gasteiger partial charge in [-0.05, 0) is 90.6 Å². The van der Waals surface area contributed by atoms with Gasteiger partial charge in [0.15, 0.2) is 0 Å². The van der Waals surface area contributed by atoms with Gasteiger partial charge in [-0.25, -0.2) is 8.42 Å². The normalized spacial score (nSPS) is 14.3. The van der Waals surface area contributed by atoms with Gasteiger partial charge in [0.2, 0.25) is 11.8 Å². The van der Waals surface area contributed by atoms with Gasteiger partial charge in [0.05, 0.1) is 22.2 Å². The summed E-state index contributed by atoms with van der Waals surface area (Å²) in [4.78, 5) is 28.9. The van der Waals surface area contributed by atoms with Gasteiger partial charge >= 0.3 is 0 Å². The first-order chi connectivity index (χ1) is 20.0. The number of anilines is 1. The summed E-state index contributed by atoms with van der Waals surface area (Å²) in [5.41, 5.74) is 2.09. The van der Waals surface area contributed by atoms with Crippen LogP contribution in [-0.2, 0) is 26.2 Å². The van der Waals surface area contributed by atoms with E-state index in [9.17, 15) is 18.0 Å². The lowest BCUT2D eigenvalue weighted by molar-refractivity contribution is -0.139. The van der Waals surface area contributed by atoms with Crippen molar-refractivity contribution in [2.75, 3.05) is 18.0 Å². The molecule has 0 spiro atoms. The van der Waals surface area contributed by atoms with Crippen LogP contribution in [0.2, 0.25) is 0 Å². The van der Waals surface area contributed by atoms with Gasteiger partial charge in [-0.1, -0.05) is 58.6 Å². The second kappa shape index (κ2) is 14.1. The number of amides is 2. The van der Waals surface area contributed by atoms with Crippen LogP contribution in [0.3, 0.4) is 0 Å². The summed E-state index contributed by atoms with van der Waals surface area (Å²) in [6.45, 7) is 3.22. The first-order valence-electron chi connectivity index (χ1n) is 13.8. The summed E-state index contributed by atoms with van der Waals surface area (Å²) < 4.78 is 35.8. The Balaban J connectivity index is 1.70. The monoisotopic (exact) mass is 719 g/mol. The Bertz CT molecular complexity index is 1530. The first kappa shape index (κ1) is 32.0. The Morgan fingerprint density at radius 1 is 1.02 bits per heavy atom. The fourth-order valence-electron chi connectivity index (χ4n) is 4.98. The highest BCUT2D eigenvalue weighted by atomic mass is 79.9. The number of sulfonamides is 1. The number of aryl methyl sites for hydroxylation is 1. The molecule has 1 saturated carbocycles. The molecule has 2 amide bonds. The number of hydrogen-bond donors (Lipinski definition) is 1. The van der Waals surface area contributed by atoms with Crippen molar-refractivity contribution in [3.05, 3.63) is 86.8 Å². The molecule has 42 heavy (non-hydrogen) atoms. The average Bonchev–Trinajstić information content (AvgIpc) is 3.47. The van der Waals surface area contributed by atoms with Crippen LogP contribution in [0.4, 0.5) is 5.69 Å². The third-order valence-corrected chi connectivity index (χ3v) is 10.3. The van der Waals surface area contributed by atoms with Crippen LogP contribution in [0, 0.1) is 6.92 Å². The summed E-state index contributed by atoms with van der Waals surface area (Å²) in [6.07, 6.45) is 3.94. The van der Waals surface area contributed by atoms with Crippen LogP contribution in [-0.4, -0.2) is 50.9 Å². The highest BCUT2D eigenvalue weighted by Crippen LogP contribution is 2.31. The van der Waals surface area contributed by atoms with Crippen molar-refractivity contribution in [1.29, 1.82) is 0 Å². The molecule has 8 nitrogen and oxygen atoms in total. The summed E-state index contributed by atoms with van der Waals surface area (Å²) >= 11 is 6.85. The number of rotatable bonds is 11. The lowest BCUT2D eigenvalue weighted by atomic mass is 10.1. The molecule has 224 valence electrons. The maximum Gasteiger partial charge on any atom is 0.264 e. The van der Waals surface area contributed by atoms with E-state index in [0.717, 1.165) is 45.6 Å². The predicted octanol–water partition coefficient (Wildman–Crippen LogP) is 6.20. The molecular formula is C31H35Br2N3O5S. The van der Waals surface area contributed by atoms with Gasteiger partial charge in [0.1, 0.15) is 18.3 Å². The average molecular weight is 722 g/mol. The smallest absolute Gasteiger partial charge is 0.264 e. The number of hydrogen-bond acceptors (Lipinski definition) is 5. The van der Waals surface area contributed by atoms with Crippen LogP contribution >= 0.6 is 31.9 Å². The quantitative estimate of drug-likeness (QED) is 0.255. The number of nitrogens with one attached hydrogen (secondary N) is 1. The summed E-state index contributed by atoms with van der Waals surface area (Å²) in [5, 5.41) is 3.08. The predicted molar refractivity (Wildman–Crippen MR) is 171 cm³/mol. The van der Waals surface area contributed by atoms with E-state index in [1.807, 2.05) is 31.2 Å². The maximum atomic E-state index is 14.1.